The zero-order valence-corrected chi connectivity index (χ0v) is 18.1. The van der Waals surface area contributed by atoms with Gasteiger partial charge in [-0.25, -0.2) is 0 Å². The van der Waals surface area contributed by atoms with Crippen LogP contribution in [0.1, 0.15) is 29.4 Å². The largest absolute Gasteiger partial charge is 0.369 e. The molecular formula is C24H24N4OS. The Morgan fingerprint density at radius 1 is 1.07 bits per heavy atom. The zero-order chi connectivity index (χ0) is 21.3. The molecule has 0 saturated heterocycles. The summed E-state index contributed by atoms with van der Waals surface area (Å²) in [6, 6.07) is 21.0. The second kappa shape index (κ2) is 8.32. The van der Waals surface area contributed by atoms with E-state index in [2.05, 4.69) is 83.2 Å². The van der Waals surface area contributed by atoms with Gasteiger partial charge in [-0.15, -0.1) is 10.2 Å². The van der Waals surface area contributed by atoms with Crippen molar-refractivity contribution in [2.75, 3.05) is 0 Å². The Morgan fingerprint density at radius 3 is 2.60 bits per heavy atom. The fourth-order valence-electron chi connectivity index (χ4n) is 3.62. The molecule has 0 aliphatic rings. The highest BCUT2D eigenvalue weighted by molar-refractivity contribution is 8.00. The molecule has 2 N–H and O–H groups in total. The van der Waals surface area contributed by atoms with E-state index in [0.29, 0.717) is 11.6 Å². The summed E-state index contributed by atoms with van der Waals surface area (Å²) < 4.78 is 2.06. The minimum absolute atomic E-state index is 0.370. The maximum absolute atomic E-state index is 11.7. The van der Waals surface area contributed by atoms with Crippen molar-refractivity contribution in [2.45, 2.75) is 37.6 Å². The molecule has 0 radical (unpaired) electrons. The lowest BCUT2D eigenvalue weighted by molar-refractivity contribution is -0.117. The van der Waals surface area contributed by atoms with Crippen molar-refractivity contribution in [3.8, 4) is 5.69 Å². The van der Waals surface area contributed by atoms with Crippen molar-refractivity contribution < 1.29 is 4.79 Å². The van der Waals surface area contributed by atoms with Crippen LogP contribution in [0.2, 0.25) is 0 Å². The van der Waals surface area contributed by atoms with Gasteiger partial charge in [0.25, 0.3) is 0 Å². The number of primary amides is 1. The van der Waals surface area contributed by atoms with Crippen LogP contribution < -0.4 is 5.73 Å². The van der Waals surface area contributed by atoms with Crippen molar-refractivity contribution in [3.05, 3.63) is 83.2 Å². The number of carbonyl (C=O) groups excluding carboxylic acids is 1. The number of amides is 1. The maximum Gasteiger partial charge on any atom is 0.230 e. The highest BCUT2D eigenvalue weighted by Gasteiger charge is 2.21. The quantitative estimate of drug-likeness (QED) is 0.467. The number of nitrogens with two attached hydrogens (primary N) is 1. The van der Waals surface area contributed by atoms with Crippen LogP contribution in [0.15, 0.2) is 65.8 Å². The molecule has 1 heterocycles. The molecule has 0 spiro atoms. The van der Waals surface area contributed by atoms with E-state index in [1.165, 1.54) is 33.7 Å². The third kappa shape index (κ3) is 3.96. The monoisotopic (exact) mass is 416 g/mol. The van der Waals surface area contributed by atoms with Gasteiger partial charge in [0.15, 0.2) is 5.16 Å². The van der Waals surface area contributed by atoms with Gasteiger partial charge in [-0.2, -0.15) is 0 Å². The lowest BCUT2D eigenvalue weighted by atomic mass is 10.0. The predicted octanol–water partition coefficient (Wildman–Crippen LogP) is 4.59. The Labute approximate surface area is 180 Å². The van der Waals surface area contributed by atoms with Crippen molar-refractivity contribution in [1.29, 1.82) is 0 Å². The topological polar surface area (TPSA) is 73.8 Å². The number of carbonyl (C=O) groups is 1. The number of nitrogens with zero attached hydrogens (tertiary/aromatic N) is 3. The van der Waals surface area contributed by atoms with E-state index in [-0.39, 0.29) is 5.91 Å². The Kier molecular flexibility index (Phi) is 5.59. The molecule has 30 heavy (non-hydrogen) atoms. The maximum atomic E-state index is 11.7. The Hall–Kier alpha value is -3.12. The van der Waals surface area contributed by atoms with Crippen LogP contribution >= 0.6 is 11.8 Å². The van der Waals surface area contributed by atoms with Crippen LogP contribution in [-0.4, -0.2) is 25.9 Å². The Morgan fingerprint density at radius 2 is 1.83 bits per heavy atom. The summed E-state index contributed by atoms with van der Waals surface area (Å²) in [6.45, 7) is 5.94. The number of hydrogen-bond donors (Lipinski definition) is 1. The van der Waals surface area contributed by atoms with Crippen LogP contribution in [0, 0.1) is 13.8 Å². The molecule has 0 bridgehead atoms. The standard InChI is InChI=1S/C24H24N4OS/c1-15-11-12-21(16(2)13-15)28-22(26-27-24(28)30-17(3)23(25)29)14-19-9-6-8-18-7-4-5-10-20(18)19/h4-13,17H,14H2,1-3H3,(H2,25,29)/t17-/m1/s1. The lowest BCUT2D eigenvalue weighted by Crippen LogP contribution is -2.23. The number of thioether (sulfide) groups is 1. The molecule has 6 heteroatoms. The summed E-state index contributed by atoms with van der Waals surface area (Å²) in [5.41, 5.74) is 10.0. The highest BCUT2D eigenvalue weighted by atomic mass is 32.2. The van der Waals surface area contributed by atoms with E-state index >= 15 is 0 Å². The smallest absolute Gasteiger partial charge is 0.230 e. The fraction of sp³-hybridized carbons (Fsp3) is 0.208. The van der Waals surface area contributed by atoms with Gasteiger partial charge in [-0.1, -0.05) is 71.9 Å². The van der Waals surface area contributed by atoms with Crippen molar-refractivity contribution in [3.63, 3.8) is 0 Å². The molecule has 4 rings (SSSR count). The van der Waals surface area contributed by atoms with Gasteiger partial charge in [0, 0.05) is 6.42 Å². The Bertz CT molecular complexity index is 1230. The van der Waals surface area contributed by atoms with Gasteiger partial charge in [-0.3, -0.25) is 9.36 Å². The molecule has 152 valence electrons. The third-order valence-corrected chi connectivity index (χ3v) is 6.27. The second-order valence-corrected chi connectivity index (χ2v) is 8.81. The molecule has 0 fully saturated rings. The van der Waals surface area contributed by atoms with Crippen molar-refractivity contribution in [1.82, 2.24) is 14.8 Å². The molecule has 0 saturated carbocycles. The van der Waals surface area contributed by atoms with E-state index in [1.807, 2.05) is 6.07 Å². The first-order valence-corrected chi connectivity index (χ1v) is 10.8. The van der Waals surface area contributed by atoms with Crippen molar-refractivity contribution >= 4 is 28.4 Å². The molecular weight excluding hydrogens is 392 g/mol. The number of aryl methyl sites for hydroxylation is 2. The van der Waals surface area contributed by atoms with Crippen LogP contribution in [0.4, 0.5) is 0 Å². The first kappa shape index (κ1) is 20.2. The molecule has 1 atom stereocenters. The van der Waals surface area contributed by atoms with Crippen LogP contribution in [-0.2, 0) is 11.2 Å². The summed E-state index contributed by atoms with van der Waals surface area (Å²) >= 11 is 1.34. The number of hydrogen-bond acceptors (Lipinski definition) is 4. The van der Waals surface area contributed by atoms with Gasteiger partial charge >= 0.3 is 0 Å². The molecule has 1 aromatic heterocycles. The first-order chi connectivity index (χ1) is 14.4. The summed E-state index contributed by atoms with van der Waals surface area (Å²) in [7, 11) is 0. The van der Waals surface area contributed by atoms with Gasteiger partial charge in [0.05, 0.1) is 10.9 Å². The number of aromatic nitrogens is 3. The first-order valence-electron chi connectivity index (χ1n) is 9.88. The molecule has 4 aromatic rings. The van der Waals surface area contributed by atoms with E-state index in [9.17, 15) is 4.79 Å². The van der Waals surface area contributed by atoms with E-state index < -0.39 is 5.25 Å². The Balaban J connectivity index is 1.83. The van der Waals surface area contributed by atoms with Crippen LogP contribution in [0.3, 0.4) is 0 Å². The lowest BCUT2D eigenvalue weighted by Gasteiger charge is -2.15. The molecule has 0 aliphatic heterocycles. The fourth-order valence-corrected chi connectivity index (χ4v) is 4.45. The van der Waals surface area contributed by atoms with Gasteiger partial charge in [0.2, 0.25) is 5.91 Å². The van der Waals surface area contributed by atoms with E-state index in [1.54, 1.807) is 6.92 Å². The third-order valence-electron chi connectivity index (χ3n) is 5.20. The van der Waals surface area contributed by atoms with Gasteiger partial charge < -0.3 is 5.73 Å². The summed E-state index contributed by atoms with van der Waals surface area (Å²) in [6.07, 6.45) is 0.632. The molecule has 5 nitrogen and oxygen atoms in total. The zero-order valence-electron chi connectivity index (χ0n) is 17.3. The summed E-state index contributed by atoms with van der Waals surface area (Å²) in [5, 5.41) is 11.6. The average molecular weight is 417 g/mol. The number of rotatable bonds is 6. The van der Waals surface area contributed by atoms with Gasteiger partial charge in [0.1, 0.15) is 5.82 Å². The minimum atomic E-state index is -0.399. The summed E-state index contributed by atoms with van der Waals surface area (Å²) in [4.78, 5) is 11.7. The van der Waals surface area contributed by atoms with Crippen LogP contribution in [0.25, 0.3) is 16.5 Å². The number of fused-ring (bicyclic) bond motifs is 1. The van der Waals surface area contributed by atoms with Gasteiger partial charge in [-0.05, 0) is 48.7 Å². The normalized spacial score (nSPS) is 12.2. The second-order valence-electron chi connectivity index (χ2n) is 7.50. The molecule has 3 aromatic carbocycles. The minimum Gasteiger partial charge on any atom is -0.369 e. The average Bonchev–Trinajstić information content (AvgIpc) is 3.10. The SMILES string of the molecule is Cc1ccc(-n2c(Cc3cccc4ccccc34)nnc2S[C@H](C)C(N)=O)c(C)c1. The number of benzene rings is 3. The van der Waals surface area contributed by atoms with Crippen LogP contribution in [0.5, 0.6) is 0 Å². The van der Waals surface area contributed by atoms with E-state index in [0.717, 1.165) is 17.1 Å². The predicted molar refractivity (Wildman–Crippen MR) is 122 cm³/mol. The highest BCUT2D eigenvalue weighted by Crippen LogP contribution is 2.29. The van der Waals surface area contributed by atoms with E-state index in [4.69, 9.17) is 5.73 Å². The summed E-state index contributed by atoms with van der Waals surface area (Å²) in [5.74, 6) is 0.461. The molecule has 1 amide bonds. The molecule has 0 aliphatic carbocycles. The van der Waals surface area contributed by atoms with Crippen molar-refractivity contribution in [2.24, 2.45) is 5.73 Å². The molecule has 0 unspecified atom stereocenters.